The minimum atomic E-state index is -1.13. The fraction of sp³-hybridized carbons (Fsp3) is 0.333. The molecular weight excluding hydrogens is 286 g/mol. The van der Waals surface area contributed by atoms with Gasteiger partial charge in [-0.05, 0) is 18.1 Å². The summed E-state index contributed by atoms with van der Waals surface area (Å²) in [5, 5.41) is 21.4. The molecule has 7 heteroatoms. The van der Waals surface area contributed by atoms with Crippen LogP contribution in [-0.2, 0) is 16.0 Å². The molecule has 1 heterocycles. The quantitative estimate of drug-likeness (QED) is 0.491. The van der Waals surface area contributed by atoms with Crippen LogP contribution in [0.5, 0.6) is 0 Å². The summed E-state index contributed by atoms with van der Waals surface area (Å²) in [5.74, 6) is -1.71. The summed E-state index contributed by atoms with van der Waals surface area (Å²) in [5.41, 5.74) is 7.28. The highest BCUT2D eigenvalue weighted by Crippen LogP contribution is 2.19. The van der Waals surface area contributed by atoms with Crippen molar-refractivity contribution in [3.63, 3.8) is 0 Å². The number of hydrogen-bond donors (Lipinski definition) is 5. The molecule has 2 rings (SSSR count). The number of para-hydroxylation sites is 1. The van der Waals surface area contributed by atoms with E-state index in [0.29, 0.717) is 0 Å². The Morgan fingerprint density at radius 2 is 2.05 bits per heavy atom. The lowest BCUT2D eigenvalue weighted by molar-refractivity contribution is -0.142. The summed E-state index contributed by atoms with van der Waals surface area (Å²) in [7, 11) is 0. The molecule has 0 aliphatic heterocycles. The number of aliphatic hydroxyl groups excluding tert-OH is 1. The molecule has 0 aliphatic carbocycles. The van der Waals surface area contributed by atoms with Gasteiger partial charge in [-0.15, -0.1) is 0 Å². The van der Waals surface area contributed by atoms with Crippen LogP contribution in [0.1, 0.15) is 12.0 Å². The van der Waals surface area contributed by atoms with E-state index >= 15 is 0 Å². The molecule has 2 atom stereocenters. The van der Waals surface area contributed by atoms with E-state index in [9.17, 15) is 14.7 Å². The molecule has 1 aromatic heterocycles. The summed E-state index contributed by atoms with van der Waals surface area (Å²) < 4.78 is 0. The molecule has 2 aromatic rings. The summed E-state index contributed by atoms with van der Waals surface area (Å²) in [4.78, 5) is 26.2. The average Bonchev–Trinajstić information content (AvgIpc) is 2.90. The topological polar surface area (TPSA) is 128 Å². The molecule has 0 saturated heterocycles. The van der Waals surface area contributed by atoms with E-state index in [0.717, 1.165) is 16.5 Å². The van der Waals surface area contributed by atoms with Gasteiger partial charge in [-0.2, -0.15) is 0 Å². The highest BCUT2D eigenvalue weighted by molar-refractivity contribution is 5.88. The third-order valence-corrected chi connectivity index (χ3v) is 3.49. The first-order chi connectivity index (χ1) is 10.5. The third-order valence-electron chi connectivity index (χ3n) is 3.49. The third kappa shape index (κ3) is 3.63. The average molecular weight is 305 g/mol. The second-order valence-corrected chi connectivity index (χ2v) is 5.08. The number of aliphatic carboxylic acids is 1. The minimum absolute atomic E-state index is 0.0885. The van der Waals surface area contributed by atoms with Crippen molar-refractivity contribution in [2.45, 2.75) is 24.9 Å². The molecule has 0 radical (unpaired) electrons. The zero-order chi connectivity index (χ0) is 16.1. The normalized spacial score (nSPS) is 13.7. The molecule has 118 valence electrons. The number of carboxylic acid groups (broad SMARTS) is 1. The molecule has 6 N–H and O–H groups in total. The van der Waals surface area contributed by atoms with Crippen molar-refractivity contribution in [1.29, 1.82) is 0 Å². The van der Waals surface area contributed by atoms with Gasteiger partial charge in [0.1, 0.15) is 6.04 Å². The lowest BCUT2D eigenvalue weighted by Crippen LogP contribution is -2.49. The van der Waals surface area contributed by atoms with Gasteiger partial charge in [-0.25, -0.2) is 4.79 Å². The number of nitrogens with two attached hydrogens (primary N) is 1. The Kier molecular flexibility index (Phi) is 5.13. The van der Waals surface area contributed by atoms with E-state index in [1.165, 1.54) is 0 Å². The monoisotopic (exact) mass is 305 g/mol. The Hall–Kier alpha value is -2.38. The number of rotatable bonds is 7. The molecule has 22 heavy (non-hydrogen) atoms. The number of nitrogens with one attached hydrogen (secondary N) is 2. The van der Waals surface area contributed by atoms with Crippen molar-refractivity contribution in [3.8, 4) is 0 Å². The van der Waals surface area contributed by atoms with E-state index in [-0.39, 0.29) is 19.4 Å². The predicted molar refractivity (Wildman–Crippen MR) is 81.2 cm³/mol. The van der Waals surface area contributed by atoms with E-state index < -0.39 is 24.0 Å². The van der Waals surface area contributed by atoms with E-state index in [1.54, 1.807) is 6.20 Å². The second-order valence-electron chi connectivity index (χ2n) is 5.08. The molecule has 0 bridgehead atoms. The Bertz CT molecular complexity index is 668. The number of carbonyl (C=O) groups is 2. The first kappa shape index (κ1) is 16.0. The Labute approximate surface area is 127 Å². The van der Waals surface area contributed by atoms with Crippen LogP contribution >= 0.6 is 0 Å². The standard InChI is InChI=1S/C15H19N3O4/c16-11(5-6-19)14(20)18-13(15(21)22)7-9-8-17-12-4-2-1-3-10(9)12/h1-4,8,11,13,17,19H,5-7,16H2,(H,18,20)(H,21,22)/t11-,13-/m0/s1. The number of aliphatic hydroxyl groups is 1. The van der Waals surface area contributed by atoms with Gasteiger partial charge in [0.25, 0.3) is 0 Å². The first-order valence-corrected chi connectivity index (χ1v) is 6.97. The van der Waals surface area contributed by atoms with Crippen LogP contribution < -0.4 is 11.1 Å². The largest absolute Gasteiger partial charge is 0.480 e. The van der Waals surface area contributed by atoms with Gasteiger partial charge < -0.3 is 26.2 Å². The van der Waals surface area contributed by atoms with Crippen molar-refractivity contribution in [2.75, 3.05) is 6.61 Å². The maximum Gasteiger partial charge on any atom is 0.326 e. The number of fused-ring (bicyclic) bond motifs is 1. The van der Waals surface area contributed by atoms with Gasteiger partial charge in [-0.3, -0.25) is 4.79 Å². The molecule has 0 aliphatic rings. The number of aromatic nitrogens is 1. The van der Waals surface area contributed by atoms with Crippen LogP contribution in [0, 0.1) is 0 Å². The summed E-state index contributed by atoms with van der Waals surface area (Å²) in [6.07, 6.45) is 1.97. The van der Waals surface area contributed by atoms with Gasteiger partial charge in [-0.1, -0.05) is 18.2 Å². The van der Waals surface area contributed by atoms with Crippen molar-refractivity contribution in [1.82, 2.24) is 10.3 Å². The molecular formula is C15H19N3O4. The number of aromatic amines is 1. The zero-order valence-corrected chi connectivity index (χ0v) is 12.0. The highest BCUT2D eigenvalue weighted by Gasteiger charge is 2.24. The fourth-order valence-electron chi connectivity index (χ4n) is 2.27. The maximum atomic E-state index is 11.8. The van der Waals surface area contributed by atoms with Gasteiger partial charge in [0, 0.05) is 30.1 Å². The molecule has 1 amide bonds. The van der Waals surface area contributed by atoms with E-state index in [2.05, 4.69) is 10.3 Å². The summed E-state index contributed by atoms with van der Waals surface area (Å²) in [6, 6.07) is 5.54. The number of H-pyrrole nitrogens is 1. The van der Waals surface area contributed by atoms with Crippen LogP contribution in [0.3, 0.4) is 0 Å². The van der Waals surface area contributed by atoms with E-state index in [4.69, 9.17) is 10.8 Å². The molecule has 1 aromatic carbocycles. The Morgan fingerprint density at radius 1 is 1.32 bits per heavy atom. The molecule has 7 nitrogen and oxygen atoms in total. The summed E-state index contributed by atoms with van der Waals surface area (Å²) in [6.45, 7) is -0.227. The van der Waals surface area contributed by atoms with Gasteiger partial charge in [0.15, 0.2) is 0 Å². The lowest BCUT2D eigenvalue weighted by atomic mass is 10.0. The lowest BCUT2D eigenvalue weighted by Gasteiger charge is -2.17. The second kappa shape index (κ2) is 7.06. The van der Waals surface area contributed by atoms with Crippen molar-refractivity contribution in [3.05, 3.63) is 36.0 Å². The van der Waals surface area contributed by atoms with Crippen LogP contribution in [-0.4, -0.2) is 45.8 Å². The Balaban J connectivity index is 2.12. The SMILES string of the molecule is N[C@@H](CCO)C(=O)N[C@@H](Cc1c[nH]c2ccccc12)C(=O)O. The zero-order valence-electron chi connectivity index (χ0n) is 12.0. The number of amides is 1. The molecule has 0 saturated carbocycles. The minimum Gasteiger partial charge on any atom is -0.480 e. The van der Waals surface area contributed by atoms with E-state index in [1.807, 2.05) is 24.3 Å². The number of carboxylic acids is 1. The predicted octanol–water partition coefficient (Wildman–Crippen LogP) is -0.0105. The molecule has 0 fully saturated rings. The highest BCUT2D eigenvalue weighted by atomic mass is 16.4. The van der Waals surface area contributed by atoms with Gasteiger partial charge in [0.05, 0.1) is 6.04 Å². The van der Waals surface area contributed by atoms with Gasteiger partial charge in [0.2, 0.25) is 5.91 Å². The van der Waals surface area contributed by atoms with Crippen LogP contribution in [0.25, 0.3) is 10.9 Å². The van der Waals surface area contributed by atoms with Crippen LogP contribution in [0.4, 0.5) is 0 Å². The van der Waals surface area contributed by atoms with Crippen molar-refractivity contribution < 1.29 is 19.8 Å². The maximum absolute atomic E-state index is 11.8. The first-order valence-electron chi connectivity index (χ1n) is 6.97. The van der Waals surface area contributed by atoms with Gasteiger partial charge >= 0.3 is 5.97 Å². The molecule has 0 unspecified atom stereocenters. The number of benzene rings is 1. The van der Waals surface area contributed by atoms with Crippen molar-refractivity contribution >= 4 is 22.8 Å². The number of hydrogen-bond acceptors (Lipinski definition) is 4. The fourth-order valence-corrected chi connectivity index (χ4v) is 2.27. The summed E-state index contributed by atoms with van der Waals surface area (Å²) >= 11 is 0. The van der Waals surface area contributed by atoms with Crippen LogP contribution in [0.2, 0.25) is 0 Å². The smallest absolute Gasteiger partial charge is 0.326 e. The Morgan fingerprint density at radius 3 is 2.73 bits per heavy atom. The van der Waals surface area contributed by atoms with Crippen LogP contribution in [0.15, 0.2) is 30.5 Å². The number of carbonyl (C=O) groups excluding carboxylic acids is 1. The van der Waals surface area contributed by atoms with Crippen molar-refractivity contribution in [2.24, 2.45) is 5.73 Å². The molecule has 0 spiro atoms.